The minimum absolute atomic E-state index is 0.954. The minimum Gasteiger partial charge on any atom is -0.262 e. The Morgan fingerprint density at radius 2 is 1.82 bits per heavy atom. The summed E-state index contributed by atoms with van der Waals surface area (Å²) >= 11 is 0. The lowest BCUT2D eigenvalue weighted by Gasteiger charge is -2.05. The summed E-state index contributed by atoms with van der Waals surface area (Å²) in [6, 6.07) is 12.8. The van der Waals surface area contributed by atoms with E-state index >= 15 is 0 Å². The molecule has 0 atom stereocenters. The van der Waals surface area contributed by atoms with Gasteiger partial charge in [0.05, 0.1) is 0 Å². The summed E-state index contributed by atoms with van der Waals surface area (Å²) in [7, 11) is 0. The van der Waals surface area contributed by atoms with Crippen LogP contribution in [0.1, 0.15) is 18.2 Å². The molecule has 0 aliphatic heterocycles. The summed E-state index contributed by atoms with van der Waals surface area (Å²) < 4.78 is 0. The van der Waals surface area contributed by atoms with Crippen LogP contribution in [0, 0.1) is 6.92 Å². The van der Waals surface area contributed by atoms with Gasteiger partial charge >= 0.3 is 0 Å². The smallest absolute Gasteiger partial charge is 0.0378 e. The molecule has 1 nitrogen and oxygen atoms in total. The monoisotopic (exact) mass is 223 g/mol. The van der Waals surface area contributed by atoms with E-state index in [-0.39, 0.29) is 0 Å². The topological polar surface area (TPSA) is 12.9 Å². The molecular formula is C16H17N. The van der Waals surface area contributed by atoms with Crippen LogP contribution in [0.15, 0.2) is 54.7 Å². The van der Waals surface area contributed by atoms with E-state index in [2.05, 4.69) is 48.8 Å². The van der Waals surface area contributed by atoms with Crippen molar-refractivity contribution in [1.29, 1.82) is 0 Å². The lowest BCUT2D eigenvalue weighted by Crippen LogP contribution is -1.87. The van der Waals surface area contributed by atoms with Crippen LogP contribution in [-0.4, -0.2) is 4.98 Å². The van der Waals surface area contributed by atoms with Crippen LogP contribution in [0.2, 0.25) is 0 Å². The molecule has 17 heavy (non-hydrogen) atoms. The molecule has 0 spiro atoms. The standard InChI is InChI=1S/C16H17N/c1-12(2)10-14-4-6-15(7-5-14)16-8-9-17-13(3)11-16/h4-9,11H,1,10H2,2-3H3. The molecule has 0 bridgehead atoms. The highest BCUT2D eigenvalue weighted by atomic mass is 14.6. The maximum absolute atomic E-state index is 4.21. The third-order valence-electron chi connectivity index (χ3n) is 2.69. The Balaban J connectivity index is 2.26. The van der Waals surface area contributed by atoms with E-state index in [1.165, 1.54) is 22.3 Å². The highest BCUT2D eigenvalue weighted by molar-refractivity contribution is 5.63. The van der Waals surface area contributed by atoms with Gasteiger partial charge in [0.25, 0.3) is 0 Å². The van der Waals surface area contributed by atoms with Gasteiger partial charge in [0.2, 0.25) is 0 Å². The van der Waals surface area contributed by atoms with Crippen molar-refractivity contribution in [2.24, 2.45) is 0 Å². The van der Waals surface area contributed by atoms with Gasteiger partial charge in [-0.25, -0.2) is 0 Å². The van der Waals surface area contributed by atoms with Crippen LogP contribution in [0.4, 0.5) is 0 Å². The Kier molecular flexibility index (Phi) is 3.38. The second-order valence-corrected chi connectivity index (χ2v) is 4.52. The van der Waals surface area contributed by atoms with Crippen LogP contribution in [0.5, 0.6) is 0 Å². The third kappa shape index (κ3) is 3.04. The van der Waals surface area contributed by atoms with E-state index < -0.39 is 0 Å². The fourth-order valence-corrected chi connectivity index (χ4v) is 1.89. The summed E-state index contributed by atoms with van der Waals surface area (Å²) in [6.45, 7) is 8.00. The largest absolute Gasteiger partial charge is 0.262 e. The Bertz CT molecular complexity index is 523. The average molecular weight is 223 g/mol. The van der Waals surface area contributed by atoms with Crippen LogP contribution >= 0.6 is 0 Å². The van der Waals surface area contributed by atoms with Crippen LogP contribution in [0.3, 0.4) is 0 Å². The van der Waals surface area contributed by atoms with Crippen molar-refractivity contribution >= 4 is 0 Å². The van der Waals surface area contributed by atoms with Gasteiger partial charge in [0.15, 0.2) is 0 Å². The number of aromatic nitrogens is 1. The molecule has 0 amide bonds. The van der Waals surface area contributed by atoms with Crippen molar-refractivity contribution in [3.63, 3.8) is 0 Å². The predicted octanol–water partition coefficient (Wildman–Crippen LogP) is 4.18. The van der Waals surface area contributed by atoms with Crippen molar-refractivity contribution in [2.75, 3.05) is 0 Å². The van der Waals surface area contributed by atoms with E-state index in [0.717, 1.165) is 12.1 Å². The summed E-state index contributed by atoms with van der Waals surface area (Å²) in [5.41, 5.74) is 6.01. The number of hydrogen-bond donors (Lipinski definition) is 0. The Morgan fingerprint density at radius 1 is 1.12 bits per heavy atom. The molecular weight excluding hydrogens is 206 g/mol. The van der Waals surface area contributed by atoms with E-state index in [4.69, 9.17) is 0 Å². The van der Waals surface area contributed by atoms with Gasteiger partial charge in [-0.15, -0.1) is 0 Å². The minimum atomic E-state index is 0.954. The van der Waals surface area contributed by atoms with E-state index in [0.29, 0.717) is 0 Å². The van der Waals surface area contributed by atoms with E-state index in [1.807, 2.05) is 19.2 Å². The zero-order valence-electron chi connectivity index (χ0n) is 10.4. The average Bonchev–Trinajstić information content (AvgIpc) is 2.29. The van der Waals surface area contributed by atoms with Crippen molar-refractivity contribution < 1.29 is 0 Å². The number of rotatable bonds is 3. The molecule has 0 saturated carbocycles. The lowest BCUT2D eigenvalue weighted by molar-refractivity contribution is 1.15. The molecule has 0 aliphatic carbocycles. The molecule has 0 aliphatic rings. The summed E-state index contributed by atoms with van der Waals surface area (Å²) in [5, 5.41) is 0. The van der Waals surface area contributed by atoms with Crippen molar-refractivity contribution in [1.82, 2.24) is 4.98 Å². The zero-order chi connectivity index (χ0) is 12.3. The molecule has 2 aromatic rings. The van der Waals surface area contributed by atoms with E-state index in [9.17, 15) is 0 Å². The molecule has 0 radical (unpaired) electrons. The number of nitrogens with zero attached hydrogens (tertiary/aromatic N) is 1. The molecule has 1 heteroatoms. The van der Waals surface area contributed by atoms with Gasteiger partial charge in [0.1, 0.15) is 0 Å². The van der Waals surface area contributed by atoms with Crippen molar-refractivity contribution in [3.05, 3.63) is 66.0 Å². The second kappa shape index (κ2) is 4.96. The molecule has 86 valence electrons. The summed E-state index contributed by atoms with van der Waals surface area (Å²) in [5.74, 6) is 0. The van der Waals surface area contributed by atoms with Gasteiger partial charge in [0, 0.05) is 11.9 Å². The maximum Gasteiger partial charge on any atom is 0.0378 e. The molecule has 1 aromatic carbocycles. The Labute approximate surface area is 103 Å². The number of pyridine rings is 1. The summed E-state index contributed by atoms with van der Waals surface area (Å²) in [4.78, 5) is 4.21. The van der Waals surface area contributed by atoms with Crippen LogP contribution < -0.4 is 0 Å². The first-order valence-corrected chi connectivity index (χ1v) is 5.81. The predicted molar refractivity (Wildman–Crippen MR) is 72.9 cm³/mol. The first-order chi connectivity index (χ1) is 8.15. The molecule has 1 aromatic heterocycles. The van der Waals surface area contributed by atoms with Gasteiger partial charge in [-0.1, -0.05) is 36.4 Å². The Morgan fingerprint density at radius 3 is 2.41 bits per heavy atom. The van der Waals surface area contributed by atoms with Gasteiger partial charge in [-0.05, 0) is 49.1 Å². The fraction of sp³-hybridized carbons (Fsp3) is 0.188. The van der Waals surface area contributed by atoms with Crippen LogP contribution in [0.25, 0.3) is 11.1 Å². The zero-order valence-corrected chi connectivity index (χ0v) is 10.4. The lowest BCUT2D eigenvalue weighted by atomic mass is 10.0. The number of benzene rings is 1. The number of aryl methyl sites for hydroxylation is 1. The van der Waals surface area contributed by atoms with Crippen molar-refractivity contribution in [3.8, 4) is 11.1 Å². The first-order valence-electron chi connectivity index (χ1n) is 5.81. The normalized spacial score (nSPS) is 10.2. The van der Waals surface area contributed by atoms with Gasteiger partial charge in [-0.3, -0.25) is 4.98 Å². The fourth-order valence-electron chi connectivity index (χ4n) is 1.89. The highest BCUT2D eigenvalue weighted by Crippen LogP contribution is 2.20. The van der Waals surface area contributed by atoms with Crippen LogP contribution in [-0.2, 0) is 6.42 Å². The number of allylic oxidation sites excluding steroid dienone is 1. The maximum atomic E-state index is 4.21. The number of hydrogen-bond acceptors (Lipinski definition) is 1. The molecule has 0 saturated heterocycles. The SMILES string of the molecule is C=C(C)Cc1ccc(-c2ccnc(C)c2)cc1. The third-order valence-corrected chi connectivity index (χ3v) is 2.69. The second-order valence-electron chi connectivity index (χ2n) is 4.52. The first kappa shape index (κ1) is 11.6. The molecule has 0 unspecified atom stereocenters. The summed E-state index contributed by atoms with van der Waals surface area (Å²) in [6.07, 6.45) is 2.81. The van der Waals surface area contributed by atoms with Gasteiger partial charge < -0.3 is 0 Å². The van der Waals surface area contributed by atoms with E-state index in [1.54, 1.807) is 0 Å². The quantitative estimate of drug-likeness (QED) is 0.711. The van der Waals surface area contributed by atoms with Gasteiger partial charge in [-0.2, -0.15) is 0 Å². The molecule has 0 fully saturated rings. The molecule has 1 heterocycles. The highest BCUT2D eigenvalue weighted by Gasteiger charge is 1.99. The Hall–Kier alpha value is -1.89. The van der Waals surface area contributed by atoms with Crippen molar-refractivity contribution in [2.45, 2.75) is 20.3 Å². The molecule has 2 rings (SSSR count). The molecule has 0 N–H and O–H groups in total.